The number of likely N-dealkylation sites (tertiary alicyclic amines) is 1. The Balaban J connectivity index is 1.72. The molecule has 0 aromatic carbocycles. The van der Waals surface area contributed by atoms with E-state index in [1.165, 1.54) is 6.42 Å². The summed E-state index contributed by atoms with van der Waals surface area (Å²) >= 11 is 0. The first-order valence-electron chi connectivity index (χ1n) is 6.87. The van der Waals surface area contributed by atoms with Crippen molar-refractivity contribution in [2.75, 3.05) is 26.3 Å². The molecule has 0 spiro atoms. The van der Waals surface area contributed by atoms with Crippen molar-refractivity contribution in [2.24, 2.45) is 0 Å². The Labute approximate surface area is 104 Å². The van der Waals surface area contributed by atoms with Gasteiger partial charge in [-0.1, -0.05) is 0 Å². The van der Waals surface area contributed by atoms with Crippen LogP contribution in [0.1, 0.15) is 39.0 Å². The molecule has 2 fully saturated rings. The van der Waals surface area contributed by atoms with Crippen LogP contribution in [-0.2, 0) is 9.53 Å². The van der Waals surface area contributed by atoms with Crippen LogP contribution in [0.15, 0.2) is 0 Å². The second-order valence-corrected chi connectivity index (χ2v) is 5.25. The largest absolute Gasteiger partial charge is 0.381 e. The van der Waals surface area contributed by atoms with Crippen molar-refractivity contribution in [3.8, 4) is 0 Å². The summed E-state index contributed by atoms with van der Waals surface area (Å²) in [6, 6.07) is 0.949. The van der Waals surface area contributed by atoms with Gasteiger partial charge in [-0.25, -0.2) is 0 Å². The smallest absolute Gasteiger partial charge is 0.222 e. The summed E-state index contributed by atoms with van der Waals surface area (Å²) in [7, 11) is 0. The zero-order valence-electron chi connectivity index (χ0n) is 10.8. The van der Waals surface area contributed by atoms with Crippen LogP contribution in [0.3, 0.4) is 0 Å². The molecule has 0 aliphatic carbocycles. The van der Waals surface area contributed by atoms with Crippen LogP contribution in [0.4, 0.5) is 0 Å². The van der Waals surface area contributed by atoms with Crippen molar-refractivity contribution in [1.29, 1.82) is 0 Å². The van der Waals surface area contributed by atoms with E-state index in [1.807, 2.05) is 4.90 Å². The molecule has 2 rings (SSSR count). The Morgan fingerprint density at radius 1 is 1.41 bits per heavy atom. The molecule has 2 aliphatic rings. The first-order chi connectivity index (χ1) is 8.25. The van der Waals surface area contributed by atoms with Crippen molar-refractivity contribution < 1.29 is 9.53 Å². The van der Waals surface area contributed by atoms with Crippen LogP contribution < -0.4 is 5.32 Å². The fraction of sp³-hybridized carbons (Fsp3) is 0.923. The molecule has 1 amide bonds. The lowest BCUT2D eigenvalue weighted by atomic mass is 10.1. The Bertz CT molecular complexity index is 250. The standard InChI is InChI=1S/C13H24N2O2/c1-11(10-15-7-2-5-13(15)16)14-12-4-3-8-17-9-6-12/h11-12,14H,2-10H2,1H3. The number of amides is 1. The average Bonchev–Trinajstić information content (AvgIpc) is 2.55. The Kier molecular flexibility index (Phi) is 4.80. The fourth-order valence-electron chi connectivity index (χ4n) is 2.75. The zero-order chi connectivity index (χ0) is 12.1. The summed E-state index contributed by atoms with van der Waals surface area (Å²) in [5, 5.41) is 3.63. The second kappa shape index (κ2) is 6.36. The molecule has 4 nitrogen and oxygen atoms in total. The van der Waals surface area contributed by atoms with E-state index in [2.05, 4.69) is 12.2 Å². The lowest BCUT2D eigenvalue weighted by Crippen LogP contribution is -2.44. The van der Waals surface area contributed by atoms with Gasteiger partial charge in [0.15, 0.2) is 0 Å². The molecule has 17 heavy (non-hydrogen) atoms. The van der Waals surface area contributed by atoms with Crippen molar-refractivity contribution in [1.82, 2.24) is 10.2 Å². The zero-order valence-corrected chi connectivity index (χ0v) is 10.8. The van der Waals surface area contributed by atoms with Gasteiger partial charge in [-0.15, -0.1) is 0 Å². The van der Waals surface area contributed by atoms with Crippen molar-refractivity contribution in [3.63, 3.8) is 0 Å². The molecule has 1 N–H and O–H groups in total. The van der Waals surface area contributed by atoms with Crippen LogP contribution in [0.2, 0.25) is 0 Å². The summed E-state index contributed by atoms with van der Waals surface area (Å²) < 4.78 is 5.45. The van der Waals surface area contributed by atoms with Gasteiger partial charge in [-0.3, -0.25) is 4.79 Å². The number of carbonyl (C=O) groups excluding carboxylic acids is 1. The maximum Gasteiger partial charge on any atom is 0.222 e. The highest BCUT2D eigenvalue weighted by Gasteiger charge is 2.23. The molecule has 2 unspecified atom stereocenters. The molecule has 0 aromatic rings. The topological polar surface area (TPSA) is 41.6 Å². The van der Waals surface area contributed by atoms with Gasteiger partial charge in [-0.2, -0.15) is 0 Å². The van der Waals surface area contributed by atoms with Gasteiger partial charge < -0.3 is 15.0 Å². The monoisotopic (exact) mass is 240 g/mol. The van der Waals surface area contributed by atoms with Gasteiger partial charge in [0, 0.05) is 44.8 Å². The van der Waals surface area contributed by atoms with Crippen molar-refractivity contribution in [3.05, 3.63) is 0 Å². The first-order valence-corrected chi connectivity index (χ1v) is 6.87. The summed E-state index contributed by atoms with van der Waals surface area (Å²) in [4.78, 5) is 13.5. The minimum Gasteiger partial charge on any atom is -0.381 e. The number of rotatable bonds is 4. The fourth-order valence-corrected chi connectivity index (χ4v) is 2.75. The third-order valence-electron chi connectivity index (χ3n) is 3.64. The van der Waals surface area contributed by atoms with E-state index in [0.29, 0.717) is 18.0 Å². The van der Waals surface area contributed by atoms with Gasteiger partial charge in [-0.05, 0) is 32.6 Å². The van der Waals surface area contributed by atoms with Gasteiger partial charge in [0.1, 0.15) is 0 Å². The Morgan fingerprint density at radius 3 is 3.06 bits per heavy atom. The van der Waals surface area contributed by atoms with Crippen molar-refractivity contribution in [2.45, 2.75) is 51.1 Å². The highest BCUT2D eigenvalue weighted by molar-refractivity contribution is 5.78. The summed E-state index contributed by atoms with van der Waals surface area (Å²) in [5.41, 5.74) is 0. The highest BCUT2D eigenvalue weighted by atomic mass is 16.5. The quantitative estimate of drug-likeness (QED) is 0.801. The molecule has 2 atom stereocenters. The Hall–Kier alpha value is -0.610. The molecular weight excluding hydrogens is 216 g/mol. The average molecular weight is 240 g/mol. The third-order valence-corrected chi connectivity index (χ3v) is 3.64. The van der Waals surface area contributed by atoms with E-state index in [0.717, 1.165) is 52.0 Å². The normalized spacial score (nSPS) is 28.2. The maximum atomic E-state index is 11.5. The Morgan fingerprint density at radius 2 is 2.29 bits per heavy atom. The maximum absolute atomic E-state index is 11.5. The van der Waals surface area contributed by atoms with Crippen molar-refractivity contribution >= 4 is 5.91 Å². The summed E-state index contributed by atoms with van der Waals surface area (Å²) in [6.45, 7) is 5.75. The van der Waals surface area contributed by atoms with Gasteiger partial charge in [0.2, 0.25) is 5.91 Å². The first kappa shape index (κ1) is 12.8. The van der Waals surface area contributed by atoms with Crippen LogP contribution in [-0.4, -0.2) is 49.2 Å². The van der Waals surface area contributed by atoms with E-state index in [4.69, 9.17) is 4.74 Å². The summed E-state index contributed by atoms with van der Waals surface area (Å²) in [5.74, 6) is 0.322. The SMILES string of the molecule is CC(CN1CCCC1=O)NC1CCCOCC1. The molecule has 0 radical (unpaired) electrons. The molecule has 0 saturated carbocycles. The molecule has 0 bridgehead atoms. The highest BCUT2D eigenvalue weighted by Crippen LogP contribution is 2.12. The molecule has 2 heterocycles. The minimum atomic E-state index is 0.322. The van der Waals surface area contributed by atoms with Crippen LogP contribution >= 0.6 is 0 Å². The van der Waals surface area contributed by atoms with E-state index in [9.17, 15) is 4.79 Å². The minimum absolute atomic E-state index is 0.322. The lowest BCUT2D eigenvalue weighted by Gasteiger charge is -2.25. The molecule has 4 heteroatoms. The van der Waals surface area contributed by atoms with E-state index >= 15 is 0 Å². The van der Waals surface area contributed by atoms with E-state index in [1.54, 1.807) is 0 Å². The molecule has 2 aliphatic heterocycles. The van der Waals surface area contributed by atoms with Crippen LogP contribution in [0.25, 0.3) is 0 Å². The van der Waals surface area contributed by atoms with E-state index in [-0.39, 0.29) is 0 Å². The number of carbonyl (C=O) groups is 1. The number of nitrogens with one attached hydrogen (secondary N) is 1. The van der Waals surface area contributed by atoms with Gasteiger partial charge >= 0.3 is 0 Å². The molecular formula is C13H24N2O2. The van der Waals surface area contributed by atoms with Gasteiger partial charge in [0.05, 0.1) is 0 Å². The molecule has 2 saturated heterocycles. The van der Waals surface area contributed by atoms with Gasteiger partial charge in [0.25, 0.3) is 0 Å². The molecule has 0 aromatic heterocycles. The lowest BCUT2D eigenvalue weighted by molar-refractivity contribution is -0.128. The second-order valence-electron chi connectivity index (χ2n) is 5.25. The number of nitrogens with zero attached hydrogens (tertiary/aromatic N) is 1. The van der Waals surface area contributed by atoms with E-state index < -0.39 is 0 Å². The van der Waals surface area contributed by atoms with Crippen LogP contribution in [0, 0.1) is 0 Å². The number of hydrogen-bond acceptors (Lipinski definition) is 3. The predicted molar refractivity (Wildman–Crippen MR) is 66.9 cm³/mol. The molecule has 98 valence electrons. The predicted octanol–water partition coefficient (Wildman–Crippen LogP) is 1.16. The number of hydrogen-bond donors (Lipinski definition) is 1. The summed E-state index contributed by atoms with van der Waals surface area (Å²) in [6.07, 6.45) is 5.20. The van der Waals surface area contributed by atoms with Crippen LogP contribution in [0.5, 0.6) is 0 Å². The number of ether oxygens (including phenoxy) is 1. The third kappa shape index (κ3) is 3.96.